The molecule has 0 spiro atoms. The van der Waals surface area contributed by atoms with Gasteiger partial charge in [0.25, 0.3) is 0 Å². The minimum atomic E-state index is -0.567. The molecule has 0 radical (unpaired) electrons. The average Bonchev–Trinajstić information content (AvgIpc) is 2.46. The van der Waals surface area contributed by atoms with E-state index in [9.17, 15) is 9.59 Å². The molecule has 1 aliphatic rings. The molecular weight excluding hydrogens is 272 g/mol. The van der Waals surface area contributed by atoms with E-state index in [1.165, 1.54) is 12.1 Å². The van der Waals surface area contributed by atoms with Crippen molar-refractivity contribution in [3.8, 4) is 0 Å². The Hall–Kier alpha value is -2.34. The van der Waals surface area contributed by atoms with Gasteiger partial charge in [-0.15, -0.1) is 0 Å². The van der Waals surface area contributed by atoms with E-state index in [-0.39, 0.29) is 11.5 Å². The Labute approximate surface area is 121 Å². The Morgan fingerprint density at radius 2 is 2.19 bits per heavy atom. The van der Waals surface area contributed by atoms with E-state index in [4.69, 9.17) is 14.9 Å². The number of ether oxygens (including phenoxy) is 1. The molecule has 2 N–H and O–H groups in total. The molecule has 1 fully saturated rings. The number of primary amides is 1. The van der Waals surface area contributed by atoms with Crippen LogP contribution in [0.25, 0.3) is 11.0 Å². The molecule has 1 aromatic carbocycles. The fourth-order valence-electron chi connectivity index (χ4n) is 2.47. The number of carbonyl (C=O) groups is 1. The lowest BCUT2D eigenvalue weighted by Crippen LogP contribution is -2.41. The van der Waals surface area contributed by atoms with Crippen molar-refractivity contribution in [1.29, 1.82) is 0 Å². The number of benzene rings is 1. The van der Waals surface area contributed by atoms with E-state index < -0.39 is 5.91 Å². The summed E-state index contributed by atoms with van der Waals surface area (Å²) in [7, 11) is 0. The quantitative estimate of drug-likeness (QED) is 0.895. The first-order valence-corrected chi connectivity index (χ1v) is 6.79. The van der Waals surface area contributed by atoms with Crippen LogP contribution in [0.15, 0.2) is 33.5 Å². The van der Waals surface area contributed by atoms with Crippen molar-refractivity contribution in [2.75, 3.05) is 24.6 Å². The standard InChI is InChI=1S/C15H16N2O4/c1-9-8-17(4-5-20-9)14-7-12(18)11-6-10(15(16)19)2-3-13(11)21-14/h2-3,6-7,9H,4-5,8H2,1H3,(H2,16,19)/t9-/m1/s1. The van der Waals surface area contributed by atoms with Crippen molar-refractivity contribution in [1.82, 2.24) is 0 Å². The second-order valence-corrected chi connectivity index (χ2v) is 5.15. The van der Waals surface area contributed by atoms with Crippen LogP contribution in [0, 0.1) is 0 Å². The van der Waals surface area contributed by atoms with Gasteiger partial charge in [-0.2, -0.15) is 0 Å². The second kappa shape index (κ2) is 5.21. The lowest BCUT2D eigenvalue weighted by molar-refractivity contribution is 0.0517. The minimum absolute atomic E-state index is 0.0944. The van der Waals surface area contributed by atoms with Crippen molar-refractivity contribution < 1.29 is 13.9 Å². The Kier molecular flexibility index (Phi) is 3.39. The molecule has 6 heteroatoms. The molecule has 21 heavy (non-hydrogen) atoms. The Balaban J connectivity index is 2.05. The maximum atomic E-state index is 12.2. The van der Waals surface area contributed by atoms with Gasteiger partial charge in [-0.1, -0.05) is 0 Å². The van der Waals surface area contributed by atoms with Gasteiger partial charge in [-0.25, -0.2) is 0 Å². The molecule has 1 aromatic heterocycles. The molecule has 1 aliphatic heterocycles. The van der Waals surface area contributed by atoms with Crippen molar-refractivity contribution >= 4 is 22.8 Å². The van der Waals surface area contributed by atoms with E-state index in [0.717, 1.165) is 0 Å². The molecule has 1 saturated heterocycles. The molecule has 6 nitrogen and oxygen atoms in total. The number of nitrogens with two attached hydrogens (primary N) is 1. The van der Waals surface area contributed by atoms with Gasteiger partial charge in [0.2, 0.25) is 5.91 Å². The maximum absolute atomic E-state index is 12.2. The third-order valence-electron chi connectivity index (χ3n) is 3.55. The third kappa shape index (κ3) is 2.62. The van der Waals surface area contributed by atoms with E-state index >= 15 is 0 Å². The summed E-state index contributed by atoms with van der Waals surface area (Å²) in [5.41, 5.74) is 5.78. The summed E-state index contributed by atoms with van der Waals surface area (Å²) in [6, 6.07) is 6.07. The van der Waals surface area contributed by atoms with E-state index in [2.05, 4.69) is 0 Å². The lowest BCUT2D eigenvalue weighted by atomic mass is 10.1. The van der Waals surface area contributed by atoms with Crippen LogP contribution in [-0.2, 0) is 4.74 Å². The van der Waals surface area contributed by atoms with Crippen molar-refractivity contribution in [2.45, 2.75) is 13.0 Å². The predicted octanol–water partition coefficient (Wildman–Crippen LogP) is 1.12. The highest BCUT2D eigenvalue weighted by molar-refractivity contribution is 5.96. The number of anilines is 1. The fraction of sp³-hybridized carbons (Fsp3) is 0.333. The first kappa shape index (κ1) is 13.6. The largest absolute Gasteiger partial charge is 0.440 e. The third-order valence-corrected chi connectivity index (χ3v) is 3.55. The minimum Gasteiger partial charge on any atom is -0.440 e. The zero-order valence-corrected chi connectivity index (χ0v) is 11.7. The van der Waals surface area contributed by atoms with E-state index in [1.807, 2.05) is 11.8 Å². The Morgan fingerprint density at radius 3 is 2.90 bits per heavy atom. The summed E-state index contributed by atoms with van der Waals surface area (Å²) in [6.45, 7) is 3.93. The van der Waals surface area contributed by atoms with Crippen LogP contribution in [0.5, 0.6) is 0 Å². The van der Waals surface area contributed by atoms with Gasteiger partial charge < -0.3 is 19.8 Å². The number of amides is 1. The van der Waals surface area contributed by atoms with Crippen LogP contribution >= 0.6 is 0 Å². The maximum Gasteiger partial charge on any atom is 0.248 e. The molecule has 2 aromatic rings. The van der Waals surface area contributed by atoms with Crippen LogP contribution in [-0.4, -0.2) is 31.7 Å². The summed E-state index contributed by atoms with van der Waals surface area (Å²) < 4.78 is 11.3. The number of rotatable bonds is 2. The monoisotopic (exact) mass is 288 g/mol. The summed E-state index contributed by atoms with van der Waals surface area (Å²) in [6.07, 6.45) is 0.0944. The molecule has 1 amide bonds. The molecule has 0 saturated carbocycles. The lowest BCUT2D eigenvalue weighted by Gasteiger charge is -2.31. The summed E-state index contributed by atoms with van der Waals surface area (Å²) in [5, 5.41) is 0.358. The van der Waals surface area contributed by atoms with Gasteiger partial charge in [0, 0.05) is 24.7 Å². The fourth-order valence-corrected chi connectivity index (χ4v) is 2.47. The second-order valence-electron chi connectivity index (χ2n) is 5.15. The van der Waals surface area contributed by atoms with Gasteiger partial charge in [0.15, 0.2) is 11.3 Å². The average molecular weight is 288 g/mol. The number of morpholine rings is 1. The topological polar surface area (TPSA) is 85.8 Å². The van der Waals surface area contributed by atoms with Crippen molar-refractivity contribution in [2.24, 2.45) is 5.73 Å². The van der Waals surface area contributed by atoms with E-state index in [1.54, 1.807) is 12.1 Å². The van der Waals surface area contributed by atoms with Gasteiger partial charge in [0.1, 0.15) is 5.58 Å². The molecule has 2 heterocycles. The van der Waals surface area contributed by atoms with Crippen LogP contribution in [0.3, 0.4) is 0 Å². The van der Waals surface area contributed by atoms with Crippen molar-refractivity contribution in [3.05, 3.63) is 40.1 Å². The number of carbonyl (C=O) groups excluding carboxylic acids is 1. The summed E-state index contributed by atoms with van der Waals surface area (Å²) in [5.74, 6) is -0.0446. The van der Waals surface area contributed by atoms with Crippen LogP contribution in [0.2, 0.25) is 0 Å². The molecule has 0 aliphatic carbocycles. The zero-order valence-electron chi connectivity index (χ0n) is 11.7. The smallest absolute Gasteiger partial charge is 0.248 e. The number of hydrogen-bond donors (Lipinski definition) is 1. The molecule has 110 valence electrons. The molecular formula is C15H16N2O4. The normalized spacial score (nSPS) is 18.9. The number of fused-ring (bicyclic) bond motifs is 1. The highest BCUT2D eigenvalue weighted by Crippen LogP contribution is 2.22. The number of hydrogen-bond acceptors (Lipinski definition) is 5. The molecule has 0 bridgehead atoms. The van der Waals surface area contributed by atoms with Gasteiger partial charge in [-0.05, 0) is 25.1 Å². The van der Waals surface area contributed by atoms with Crippen molar-refractivity contribution in [3.63, 3.8) is 0 Å². The number of nitrogens with zero attached hydrogens (tertiary/aromatic N) is 1. The van der Waals surface area contributed by atoms with Gasteiger partial charge >= 0.3 is 0 Å². The van der Waals surface area contributed by atoms with Crippen LogP contribution < -0.4 is 16.1 Å². The molecule has 0 unspecified atom stereocenters. The Bertz CT molecular complexity index is 753. The first-order chi connectivity index (χ1) is 10.0. The summed E-state index contributed by atoms with van der Waals surface area (Å²) in [4.78, 5) is 25.4. The van der Waals surface area contributed by atoms with Crippen LogP contribution in [0.1, 0.15) is 17.3 Å². The highest BCUT2D eigenvalue weighted by Gasteiger charge is 2.20. The SMILES string of the molecule is C[C@@H]1CN(c2cc(=O)c3cc(C(N)=O)ccc3o2)CCO1. The molecule has 1 atom stereocenters. The Morgan fingerprint density at radius 1 is 1.38 bits per heavy atom. The van der Waals surface area contributed by atoms with Crippen LogP contribution in [0.4, 0.5) is 5.88 Å². The van der Waals surface area contributed by atoms with Gasteiger partial charge in [0.05, 0.1) is 18.1 Å². The highest BCUT2D eigenvalue weighted by atomic mass is 16.5. The first-order valence-electron chi connectivity index (χ1n) is 6.79. The molecule has 3 rings (SSSR count). The summed E-state index contributed by atoms with van der Waals surface area (Å²) >= 11 is 0. The van der Waals surface area contributed by atoms with Gasteiger partial charge in [-0.3, -0.25) is 9.59 Å². The zero-order chi connectivity index (χ0) is 15.0. The predicted molar refractivity (Wildman–Crippen MR) is 78.6 cm³/mol. The van der Waals surface area contributed by atoms with E-state index in [0.29, 0.717) is 42.1 Å².